The van der Waals surface area contributed by atoms with Crippen LogP contribution in [0.5, 0.6) is 11.5 Å². The van der Waals surface area contributed by atoms with Gasteiger partial charge in [-0.1, -0.05) is 44.9 Å². The monoisotopic (exact) mass is 433 g/mol. The molecule has 0 unspecified atom stereocenters. The average molecular weight is 434 g/mol. The minimum absolute atomic E-state index is 0.142. The number of para-hydroxylation sites is 1. The summed E-state index contributed by atoms with van der Waals surface area (Å²) in [6, 6.07) is 11.9. The second-order valence-electron chi connectivity index (χ2n) is 7.06. The maximum atomic E-state index is 12.5. The van der Waals surface area contributed by atoms with Crippen molar-refractivity contribution >= 4 is 21.6 Å². The molecule has 0 heterocycles. The number of sulfonamides is 1. The van der Waals surface area contributed by atoms with Gasteiger partial charge in [0.25, 0.3) is 5.91 Å². The normalized spacial score (nSPS) is 11.2. The van der Waals surface area contributed by atoms with Crippen molar-refractivity contribution in [2.75, 3.05) is 25.0 Å². The number of rotatable bonds is 11. The molecular formula is C22H31N3O4S. The molecule has 0 aliphatic heterocycles. The number of anilines is 1. The molecule has 2 rings (SSSR count). The van der Waals surface area contributed by atoms with Gasteiger partial charge in [0.15, 0.2) is 5.75 Å². The van der Waals surface area contributed by atoms with E-state index in [0.29, 0.717) is 24.5 Å². The lowest BCUT2D eigenvalue weighted by Gasteiger charge is -2.28. The van der Waals surface area contributed by atoms with Gasteiger partial charge in [0.1, 0.15) is 10.6 Å². The van der Waals surface area contributed by atoms with E-state index in [-0.39, 0.29) is 16.2 Å². The first-order chi connectivity index (χ1) is 14.3. The van der Waals surface area contributed by atoms with Crippen LogP contribution in [0.25, 0.3) is 0 Å². The molecule has 2 aromatic carbocycles. The molecule has 8 heteroatoms. The fourth-order valence-corrected chi connectivity index (χ4v) is 3.76. The Bertz CT molecular complexity index is 938. The van der Waals surface area contributed by atoms with Gasteiger partial charge in [0.2, 0.25) is 10.0 Å². The van der Waals surface area contributed by atoms with Gasteiger partial charge < -0.3 is 15.0 Å². The first-order valence-electron chi connectivity index (χ1n) is 10.2. The molecule has 0 aliphatic rings. The van der Waals surface area contributed by atoms with E-state index >= 15 is 0 Å². The molecule has 0 saturated carbocycles. The van der Waals surface area contributed by atoms with E-state index in [2.05, 4.69) is 24.1 Å². The Morgan fingerprint density at radius 2 is 1.67 bits per heavy atom. The van der Waals surface area contributed by atoms with Crippen LogP contribution >= 0.6 is 0 Å². The average Bonchev–Trinajstić information content (AvgIpc) is 2.73. The van der Waals surface area contributed by atoms with Gasteiger partial charge in [-0.2, -0.15) is 0 Å². The Kier molecular flexibility index (Phi) is 8.68. The first kappa shape index (κ1) is 23.7. The third-order valence-electron chi connectivity index (χ3n) is 4.70. The lowest BCUT2D eigenvalue weighted by atomic mass is 10.1. The molecule has 3 N–H and O–H groups in total. The molecule has 7 nitrogen and oxygen atoms in total. The summed E-state index contributed by atoms with van der Waals surface area (Å²) in [6.45, 7) is 5.61. The Morgan fingerprint density at radius 1 is 1.07 bits per heavy atom. The third-order valence-corrected chi connectivity index (χ3v) is 5.61. The Hall–Kier alpha value is -2.58. The van der Waals surface area contributed by atoms with E-state index in [1.54, 1.807) is 30.3 Å². The first-order valence-corrected chi connectivity index (χ1v) is 11.8. The molecule has 2 aromatic rings. The minimum atomic E-state index is -4.15. The van der Waals surface area contributed by atoms with Crippen molar-refractivity contribution in [2.24, 2.45) is 5.14 Å². The highest BCUT2D eigenvalue weighted by Gasteiger charge is 2.26. The van der Waals surface area contributed by atoms with Crippen molar-refractivity contribution in [3.8, 4) is 11.5 Å². The lowest BCUT2D eigenvalue weighted by molar-refractivity contribution is 0.0963. The van der Waals surface area contributed by atoms with Crippen LogP contribution in [0.15, 0.2) is 47.4 Å². The number of benzene rings is 2. The van der Waals surface area contributed by atoms with E-state index in [4.69, 9.17) is 9.88 Å². The van der Waals surface area contributed by atoms with E-state index in [9.17, 15) is 13.2 Å². The van der Waals surface area contributed by atoms with Crippen LogP contribution in [-0.2, 0) is 10.0 Å². The fraction of sp³-hybridized carbons (Fsp3) is 0.409. The zero-order valence-corrected chi connectivity index (χ0v) is 18.7. The highest BCUT2D eigenvalue weighted by Crippen LogP contribution is 2.39. The van der Waals surface area contributed by atoms with Crippen molar-refractivity contribution in [1.82, 2.24) is 5.32 Å². The number of carbonyl (C=O) groups excluding carboxylic acids is 1. The zero-order chi connectivity index (χ0) is 22.1. The Morgan fingerprint density at radius 3 is 2.17 bits per heavy atom. The summed E-state index contributed by atoms with van der Waals surface area (Å²) in [5.41, 5.74) is 0.765. The molecule has 0 aliphatic carbocycles. The van der Waals surface area contributed by atoms with Gasteiger partial charge in [0.05, 0.1) is 5.69 Å². The predicted octanol–water partition coefficient (Wildman–Crippen LogP) is 3.89. The molecule has 0 saturated heterocycles. The number of primary sulfonamides is 1. The van der Waals surface area contributed by atoms with Crippen LogP contribution < -0.4 is 20.1 Å². The number of ether oxygens (including phenoxy) is 1. The van der Waals surface area contributed by atoms with Gasteiger partial charge >= 0.3 is 0 Å². The standard InChI is InChI=1S/C22H31N3O4S/c1-4-6-13-25(14-7-5-2)19-15-17(22(26)24-3)16-20(30(23,27)28)21(19)29-18-11-9-8-10-12-18/h8-12,15-16H,4-7,13-14H2,1-3H3,(H,24,26)(H2,23,27,28). The van der Waals surface area contributed by atoms with Gasteiger partial charge in [-0.3, -0.25) is 4.79 Å². The summed E-state index contributed by atoms with van der Waals surface area (Å²) in [7, 11) is -2.65. The molecular weight excluding hydrogens is 402 g/mol. The maximum absolute atomic E-state index is 12.5. The molecule has 0 fully saturated rings. The van der Waals surface area contributed by atoms with Gasteiger partial charge in [-0.25, -0.2) is 13.6 Å². The number of nitrogens with one attached hydrogen (secondary N) is 1. The van der Waals surface area contributed by atoms with Crippen molar-refractivity contribution in [1.29, 1.82) is 0 Å². The van der Waals surface area contributed by atoms with E-state index in [0.717, 1.165) is 25.7 Å². The number of nitrogens with two attached hydrogens (primary N) is 1. The zero-order valence-electron chi connectivity index (χ0n) is 17.8. The van der Waals surface area contributed by atoms with E-state index in [1.807, 2.05) is 6.07 Å². The summed E-state index contributed by atoms with van der Waals surface area (Å²) in [6.07, 6.45) is 3.80. The number of hydrogen-bond donors (Lipinski definition) is 2. The minimum Gasteiger partial charge on any atom is -0.454 e. The maximum Gasteiger partial charge on any atom is 0.251 e. The Balaban J connectivity index is 2.73. The number of nitrogens with zero attached hydrogens (tertiary/aromatic N) is 1. The highest BCUT2D eigenvalue weighted by molar-refractivity contribution is 7.89. The number of hydrogen-bond acceptors (Lipinski definition) is 5. The summed E-state index contributed by atoms with van der Waals surface area (Å²) >= 11 is 0. The molecule has 0 bridgehead atoms. The number of carbonyl (C=O) groups is 1. The molecule has 0 atom stereocenters. The second-order valence-corrected chi connectivity index (χ2v) is 8.59. The van der Waals surface area contributed by atoms with Crippen molar-refractivity contribution in [3.05, 3.63) is 48.0 Å². The lowest BCUT2D eigenvalue weighted by Crippen LogP contribution is -2.28. The highest BCUT2D eigenvalue weighted by atomic mass is 32.2. The van der Waals surface area contributed by atoms with Crippen LogP contribution in [0.4, 0.5) is 5.69 Å². The smallest absolute Gasteiger partial charge is 0.251 e. The molecule has 1 amide bonds. The van der Waals surface area contributed by atoms with E-state index in [1.165, 1.54) is 13.1 Å². The van der Waals surface area contributed by atoms with Crippen LogP contribution in [-0.4, -0.2) is 34.5 Å². The summed E-state index contributed by atoms with van der Waals surface area (Å²) in [5, 5.41) is 8.08. The molecule has 0 aromatic heterocycles. The fourth-order valence-electron chi connectivity index (χ4n) is 3.07. The summed E-state index contributed by atoms with van der Waals surface area (Å²) in [4.78, 5) is 14.2. The van der Waals surface area contributed by atoms with Gasteiger partial charge in [-0.15, -0.1) is 0 Å². The molecule has 30 heavy (non-hydrogen) atoms. The third kappa shape index (κ3) is 6.21. The molecule has 164 valence electrons. The van der Waals surface area contributed by atoms with Crippen molar-refractivity contribution in [3.63, 3.8) is 0 Å². The SMILES string of the molecule is CCCCN(CCCC)c1cc(C(=O)NC)cc(S(N)(=O)=O)c1Oc1ccccc1. The van der Waals surface area contributed by atoms with Crippen LogP contribution in [0.1, 0.15) is 49.9 Å². The van der Waals surface area contributed by atoms with E-state index < -0.39 is 15.9 Å². The van der Waals surface area contributed by atoms with Crippen molar-refractivity contribution in [2.45, 2.75) is 44.4 Å². The van der Waals surface area contributed by atoms with Crippen LogP contribution in [0.2, 0.25) is 0 Å². The summed E-state index contributed by atoms with van der Waals surface area (Å²) < 4.78 is 31.0. The van der Waals surface area contributed by atoms with Crippen molar-refractivity contribution < 1.29 is 17.9 Å². The predicted molar refractivity (Wildman–Crippen MR) is 120 cm³/mol. The quantitative estimate of drug-likeness (QED) is 0.560. The van der Waals surface area contributed by atoms with Gasteiger partial charge in [-0.05, 0) is 37.1 Å². The topological polar surface area (TPSA) is 102 Å². The molecule has 0 radical (unpaired) electrons. The Labute approximate surface area is 179 Å². The second kappa shape index (κ2) is 11.0. The summed E-state index contributed by atoms with van der Waals surface area (Å²) in [5.74, 6) is 0.240. The largest absolute Gasteiger partial charge is 0.454 e. The molecule has 0 spiro atoms. The number of unbranched alkanes of at least 4 members (excludes halogenated alkanes) is 2. The van der Waals surface area contributed by atoms with Gasteiger partial charge in [0, 0.05) is 25.7 Å². The number of amides is 1. The van der Waals surface area contributed by atoms with Crippen LogP contribution in [0, 0.1) is 0 Å². The van der Waals surface area contributed by atoms with Crippen LogP contribution in [0.3, 0.4) is 0 Å².